The van der Waals surface area contributed by atoms with E-state index in [0.717, 1.165) is 45.8 Å². The third kappa shape index (κ3) is 6.91. The van der Waals surface area contributed by atoms with Crippen LogP contribution in [0.2, 0.25) is 0 Å². The van der Waals surface area contributed by atoms with Crippen LogP contribution >= 0.6 is 0 Å². The topological polar surface area (TPSA) is 64.9 Å². The number of methoxy groups -OCH3 is 1. The van der Waals surface area contributed by atoms with Crippen molar-refractivity contribution >= 4 is 17.4 Å². The lowest BCUT2D eigenvalue weighted by molar-refractivity contribution is -0.135. The lowest BCUT2D eigenvalue weighted by atomic mass is 9.82. The fourth-order valence-corrected chi connectivity index (χ4v) is 5.98. The monoisotopic (exact) mass is 575 g/mol. The summed E-state index contributed by atoms with van der Waals surface area (Å²) >= 11 is 0. The van der Waals surface area contributed by atoms with Crippen molar-refractivity contribution in [1.82, 2.24) is 9.38 Å². The number of nitrogens with one attached hydrogen (secondary N) is 1. The number of fused-ring (bicyclic) bond motifs is 1. The third-order valence-corrected chi connectivity index (χ3v) is 7.36. The molecular weight excluding hydrogens is 534 g/mol. The molecule has 0 saturated heterocycles. The standard InChI is InChI=1S/C37H41N3O3/c1-25-20-21-40-31(22-25)38-33(34(40)39-37(5,6)24-36(2,3)4)28-18-19-29(30(23-28)42-7)43-35(41)32(26-14-10-8-11-15-26)27-16-12-9-13-17-27/h8-23,32,39H,24H2,1-7H3. The van der Waals surface area contributed by atoms with Gasteiger partial charge in [-0.15, -0.1) is 0 Å². The van der Waals surface area contributed by atoms with Gasteiger partial charge >= 0.3 is 5.97 Å². The number of benzene rings is 3. The minimum atomic E-state index is -0.575. The zero-order valence-corrected chi connectivity index (χ0v) is 26.1. The van der Waals surface area contributed by atoms with Crippen molar-refractivity contribution < 1.29 is 14.3 Å². The summed E-state index contributed by atoms with van der Waals surface area (Å²) in [7, 11) is 1.58. The summed E-state index contributed by atoms with van der Waals surface area (Å²) < 4.78 is 13.9. The molecule has 0 unspecified atom stereocenters. The molecule has 2 heterocycles. The van der Waals surface area contributed by atoms with E-state index in [1.54, 1.807) is 13.2 Å². The summed E-state index contributed by atoms with van der Waals surface area (Å²) in [5, 5.41) is 3.79. The molecule has 0 aliphatic carbocycles. The zero-order valence-electron chi connectivity index (χ0n) is 26.1. The molecule has 0 aliphatic rings. The smallest absolute Gasteiger partial charge is 0.323 e. The van der Waals surface area contributed by atoms with Gasteiger partial charge in [-0.2, -0.15) is 0 Å². The van der Waals surface area contributed by atoms with Gasteiger partial charge in [0.15, 0.2) is 11.5 Å². The SMILES string of the molecule is COc1cc(-c2nc3cc(C)ccn3c2NC(C)(C)CC(C)(C)C)ccc1OC(=O)C(c1ccccc1)c1ccccc1. The van der Waals surface area contributed by atoms with Crippen molar-refractivity contribution in [2.24, 2.45) is 5.41 Å². The Bertz CT molecular complexity index is 1680. The quantitative estimate of drug-likeness (QED) is 0.141. The van der Waals surface area contributed by atoms with Gasteiger partial charge in [0.05, 0.1) is 7.11 Å². The molecule has 6 heteroatoms. The van der Waals surface area contributed by atoms with Gasteiger partial charge in [0, 0.05) is 17.3 Å². The molecule has 0 fully saturated rings. The molecule has 2 aromatic heterocycles. The number of pyridine rings is 1. The summed E-state index contributed by atoms with van der Waals surface area (Å²) in [6.07, 6.45) is 3.01. The van der Waals surface area contributed by atoms with E-state index in [1.807, 2.05) is 72.8 Å². The number of carbonyl (C=O) groups is 1. The molecule has 222 valence electrons. The highest BCUT2D eigenvalue weighted by Crippen LogP contribution is 2.39. The molecule has 0 radical (unpaired) electrons. The Hall–Kier alpha value is -4.58. The van der Waals surface area contributed by atoms with E-state index < -0.39 is 5.92 Å². The van der Waals surface area contributed by atoms with Crippen LogP contribution in [0.5, 0.6) is 11.5 Å². The summed E-state index contributed by atoms with van der Waals surface area (Å²) in [6, 6.07) is 29.1. The first kappa shape index (κ1) is 29.9. The van der Waals surface area contributed by atoms with Gasteiger partial charge in [0.25, 0.3) is 0 Å². The average Bonchev–Trinajstić information content (AvgIpc) is 3.29. The van der Waals surface area contributed by atoms with Gasteiger partial charge in [-0.25, -0.2) is 4.98 Å². The number of hydrogen-bond acceptors (Lipinski definition) is 5. The summed E-state index contributed by atoms with van der Waals surface area (Å²) in [6.45, 7) is 13.2. The van der Waals surface area contributed by atoms with Gasteiger partial charge in [0.1, 0.15) is 23.1 Å². The number of rotatable bonds is 9. The molecule has 1 N–H and O–H groups in total. The second-order valence-corrected chi connectivity index (χ2v) is 13.0. The maximum atomic E-state index is 13.7. The van der Waals surface area contributed by atoms with Crippen molar-refractivity contribution in [3.05, 3.63) is 114 Å². The number of anilines is 1. The molecule has 0 amide bonds. The Morgan fingerprint density at radius 3 is 2.07 bits per heavy atom. The van der Waals surface area contributed by atoms with Crippen LogP contribution < -0.4 is 14.8 Å². The zero-order chi connectivity index (χ0) is 30.8. The minimum absolute atomic E-state index is 0.139. The summed E-state index contributed by atoms with van der Waals surface area (Å²) in [5.74, 6) is 0.769. The van der Waals surface area contributed by atoms with E-state index >= 15 is 0 Å². The van der Waals surface area contributed by atoms with E-state index in [1.165, 1.54) is 0 Å². The minimum Gasteiger partial charge on any atom is -0.493 e. The van der Waals surface area contributed by atoms with Crippen molar-refractivity contribution in [2.75, 3.05) is 12.4 Å². The molecule has 5 rings (SSSR count). The van der Waals surface area contributed by atoms with Crippen molar-refractivity contribution in [1.29, 1.82) is 0 Å². The fraction of sp³-hybridized carbons (Fsp3) is 0.297. The first-order valence-electron chi connectivity index (χ1n) is 14.7. The van der Waals surface area contributed by atoms with Crippen LogP contribution in [-0.2, 0) is 4.79 Å². The van der Waals surface area contributed by atoms with Gasteiger partial charge < -0.3 is 14.8 Å². The molecule has 0 atom stereocenters. The van der Waals surface area contributed by atoms with E-state index in [0.29, 0.717) is 11.5 Å². The normalized spacial score (nSPS) is 12.0. The van der Waals surface area contributed by atoms with Gasteiger partial charge in [0.2, 0.25) is 0 Å². The van der Waals surface area contributed by atoms with Crippen LogP contribution in [-0.4, -0.2) is 28.0 Å². The lowest BCUT2D eigenvalue weighted by Gasteiger charge is -2.34. The maximum Gasteiger partial charge on any atom is 0.323 e. The van der Waals surface area contributed by atoms with Gasteiger partial charge in [-0.1, -0.05) is 81.4 Å². The fourth-order valence-electron chi connectivity index (χ4n) is 5.98. The second-order valence-electron chi connectivity index (χ2n) is 13.0. The first-order valence-corrected chi connectivity index (χ1v) is 14.7. The predicted molar refractivity (Wildman–Crippen MR) is 174 cm³/mol. The van der Waals surface area contributed by atoms with E-state index in [4.69, 9.17) is 14.5 Å². The van der Waals surface area contributed by atoms with Gasteiger partial charge in [-0.05, 0) is 79.6 Å². The number of esters is 1. The highest BCUT2D eigenvalue weighted by Gasteiger charge is 2.29. The molecule has 0 spiro atoms. The largest absolute Gasteiger partial charge is 0.493 e. The maximum absolute atomic E-state index is 13.7. The average molecular weight is 576 g/mol. The Kier molecular flexibility index (Phi) is 8.32. The Morgan fingerprint density at radius 1 is 0.860 bits per heavy atom. The number of ether oxygens (including phenoxy) is 2. The molecular formula is C37H41N3O3. The van der Waals surface area contributed by atoms with E-state index in [-0.39, 0.29) is 16.9 Å². The van der Waals surface area contributed by atoms with Gasteiger partial charge in [-0.3, -0.25) is 9.20 Å². The Morgan fingerprint density at radius 2 is 1.49 bits per heavy atom. The lowest BCUT2D eigenvalue weighted by Crippen LogP contribution is -2.36. The van der Waals surface area contributed by atoms with Crippen molar-refractivity contribution in [3.8, 4) is 22.8 Å². The highest BCUT2D eigenvalue weighted by molar-refractivity contribution is 5.85. The van der Waals surface area contributed by atoms with Crippen LogP contribution in [0.15, 0.2) is 97.2 Å². The number of aryl methyl sites for hydroxylation is 1. The second kappa shape index (κ2) is 12.0. The predicted octanol–water partition coefficient (Wildman–Crippen LogP) is 8.68. The molecule has 0 bridgehead atoms. The third-order valence-electron chi connectivity index (χ3n) is 7.36. The summed E-state index contributed by atoms with van der Waals surface area (Å²) in [4.78, 5) is 18.7. The number of carbonyl (C=O) groups excluding carboxylic acids is 1. The van der Waals surface area contributed by atoms with Crippen molar-refractivity contribution in [3.63, 3.8) is 0 Å². The van der Waals surface area contributed by atoms with Crippen molar-refractivity contribution in [2.45, 2.75) is 59.4 Å². The molecule has 43 heavy (non-hydrogen) atoms. The number of nitrogens with zero attached hydrogens (tertiary/aromatic N) is 2. The molecule has 3 aromatic carbocycles. The number of aromatic nitrogens is 2. The summed E-state index contributed by atoms with van der Waals surface area (Å²) in [5.41, 5.74) is 5.32. The van der Waals surface area contributed by atoms with Crippen LogP contribution in [0.25, 0.3) is 16.9 Å². The van der Waals surface area contributed by atoms with Crippen LogP contribution in [0.4, 0.5) is 5.82 Å². The molecule has 0 aliphatic heterocycles. The molecule has 0 saturated carbocycles. The van der Waals surface area contributed by atoms with Crippen LogP contribution in [0, 0.1) is 12.3 Å². The van der Waals surface area contributed by atoms with Crippen LogP contribution in [0.1, 0.15) is 63.6 Å². The molecule has 6 nitrogen and oxygen atoms in total. The Labute approximate surface area is 254 Å². The first-order chi connectivity index (χ1) is 20.4. The Balaban J connectivity index is 1.52. The highest BCUT2D eigenvalue weighted by atomic mass is 16.6. The number of imidazole rings is 1. The number of hydrogen-bond donors (Lipinski definition) is 1. The van der Waals surface area contributed by atoms with E-state index in [2.05, 4.69) is 69.6 Å². The molecule has 5 aromatic rings. The van der Waals surface area contributed by atoms with Crippen LogP contribution in [0.3, 0.4) is 0 Å². The van der Waals surface area contributed by atoms with E-state index in [9.17, 15) is 4.79 Å².